The Balaban J connectivity index is 1.81. The summed E-state index contributed by atoms with van der Waals surface area (Å²) in [5.41, 5.74) is 0.854. The van der Waals surface area contributed by atoms with E-state index in [0.29, 0.717) is 26.5 Å². The van der Waals surface area contributed by atoms with Crippen molar-refractivity contribution in [2.45, 2.75) is 0 Å². The predicted octanol–water partition coefficient (Wildman–Crippen LogP) is 3.83. The van der Waals surface area contributed by atoms with Crippen LogP contribution in [-0.4, -0.2) is 14.5 Å². The van der Waals surface area contributed by atoms with Crippen LogP contribution in [0.3, 0.4) is 0 Å². The molecule has 5 aromatic rings. The largest absolute Gasteiger partial charge is 0.334 e. The summed E-state index contributed by atoms with van der Waals surface area (Å²) in [6, 6.07) is 22.3. The standard InChI is InChI=1S/C22H12N4O2S/c23-12-14-7-2-4-10-16(14)20-24-19-18(29-20)21(27)26(22(28)25-19)17-11-5-8-13-6-1-3-9-15(13)17/h1-11H,(H,25,28). The average Bonchev–Trinajstić information content (AvgIpc) is 3.18. The minimum atomic E-state index is -0.552. The molecular weight excluding hydrogens is 384 g/mol. The molecule has 0 atom stereocenters. The molecule has 2 aromatic heterocycles. The summed E-state index contributed by atoms with van der Waals surface area (Å²) in [6.07, 6.45) is 0. The number of fused-ring (bicyclic) bond motifs is 2. The van der Waals surface area contributed by atoms with Gasteiger partial charge in [0.15, 0.2) is 5.65 Å². The fourth-order valence-electron chi connectivity index (χ4n) is 3.41. The first-order valence-corrected chi connectivity index (χ1v) is 9.62. The van der Waals surface area contributed by atoms with E-state index < -0.39 is 11.2 Å². The highest BCUT2D eigenvalue weighted by molar-refractivity contribution is 7.21. The Morgan fingerprint density at radius 1 is 0.966 bits per heavy atom. The van der Waals surface area contributed by atoms with Crippen molar-refractivity contribution in [1.82, 2.24) is 14.5 Å². The van der Waals surface area contributed by atoms with Crippen LogP contribution in [0.1, 0.15) is 5.56 Å². The Morgan fingerprint density at radius 2 is 1.72 bits per heavy atom. The third-order valence-electron chi connectivity index (χ3n) is 4.74. The van der Waals surface area contributed by atoms with E-state index in [9.17, 15) is 14.9 Å². The van der Waals surface area contributed by atoms with Crippen LogP contribution in [0.15, 0.2) is 76.3 Å². The van der Waals surface area contributed by atoms with Crippen LogP contribution >= 0.6 is 11.3 Å². The summed E-state index contributed by atoms with van der Waals surface area (Å²) >= 11 is 1.16. The predicted molar refractivity (Wildman–Crippen MR) is 113 cm³/mol. The fourth-order valence-corrected chi connectivity index (χ4v) is 4.40. The normalized spacial score (nSPS) is 11.0. The molecule has 5 rings (SSSR count). The number of aromatic nitrogens is 3. The minimum absolute atomic E-state index is 0.226. The number of benzene rings is 3. The molecule has 0 aliphatic carbocycles. The third kappa shape index (κ3) is 2.66. The van der Waals surface area contributed by atoms with E-state index in [1.165, 1.54) is 0 Å². The van der Waals surface area contributed by atoms with Gasteiger partial charge in [-0.15, -0.1) is 11.3 Å². The van der Waals surface area contributed by atoms with Crippen molar-refractivity contribution in [2.75, 3.05) is 0 Å². The Labute approximate surface area is 167 Å². The maximum Gasteiger partial charge on any atom is 0.334 e. The van der Waals surface area contributed by atoms with Crippen LogP contribution in [0.4, 0.5) is 0 Å². The lowest BCUT2D eigenvalue weighted by molar-refractivity contribution is 0.907. The number of nitrogens with zero attached hydrogens (tertiary/aromatic N) is 3. The molecule has 6 nitrogen and oxygen atoms in total. The van der Waals surface area contributed by atoms with Gasteiger partial charge >= 0.3 is 5.69 Å². The highest BCUT2D eigenvalue weighted by Gasteiger charge is 2.17. The Morgan fingerprint density at radius 3 is 2.59 bits per heavy atom. The molecule has 0 aliphatic heterocycles. The van der Waals surface area contributed by atoms with Crippen LogP contribution in [-0.2, 0) is 0 Å². The van der Waals surface area contributed by atoms with Crippen LogP contribution in [0.5, 0.6) is 0 Å². The zero-order chi connectivity index (χ0) is 20.0. The van der Waals surface area contributed by atoms with Gasteiger partial charge in [-0.2, -0.15) is 5.26 Å². The summed E-state index contributed by atoms with van der Waals surface area (Å²) in [4.78, 5) is 33.2. The molecule has 0 saturated heterocycles. The van der Waals surface area contributed by atoms with Gasteiger partial charge in [0.2, 0.25) is 0 Å². The zero-order valence-corrected chi connectivity index (χ0v) is 15.7. The molecular formula is C22H12N4O2S. The molecule has 2 heterocycles. The van der Waals surface area contributed by atoms with E-state index in [1.807, 2.05) is 36.4 Å². The molecule has 3 aromatic carbocycles. The zero-order valence-electron chi connectivity index (χ0n) is 14.9. The van der Waals surface area contributed by atoms with Gasteiger partial charge < -0.3 is 0 Å². The van der Waals surface area contributed by atoms with E-state index in [2.05, 4.69) is 16.0 Å². The lowest BCUT2D eigenvalue weighted by atomic mass is 10.1. The van der Waals surface area contributed by atoms with E-state index in [-0.39, 0.29) is 5.65 Å². The van der Waals surface area contributed by atoms with Crippen LogP contribution in [0.2, 0.25) is 0 Å². The first-order chi connectivity index (χ1) is 14.2. The van der Waals surface area contributed by atoms with Crippen LogP contribution in [0.25, 0.3) is 37.4 Å². The van der Waals surface area contributed by atoms with E-state index >= 15 is 0 Å². The smallest absolute Gasteiger partial charge is 0.290 e. The third-order valence-corrected chi connectivity index (χ3v) is 5.82. The van der Waals surface area contributed by atoms with Gasteiger partial charge in [-0.3, -0.25) is 9.78 Å². The van der Waals surface area contributed by atoms with Crippen LogP contribution in [0, 0.1) is 11.3 Å². The molecule has 138 valence electrons. The molecule has 7 heteroatoms. The van der Waals surface area contributed by atoms with Crippen molar-refractivity contribution >= 4 is 32.5 Å². The van der Waals surface area contributed by atoms with Crippen LogP contribution < -0.4 is 11.2 Å². The maximum atomic E-state index is 13.2. The van der Waals surface area contributed by atoms with Gasteiger partial charge in [0.1, 0.15) is 9.71 Å². The molecule has 0 saturated carbocycles. The molecule has 0 bridgehead atoms. The minimum Gasteiger partial charge on any atom is -0.290 e. The first-order valence-electron chi connectivity index (χ1n) is 8.81. The van der Waals surface area contributed by atoms with E-state index in [4.69, 9.17) is 0 Å². The van der Waals surface area contributed by atoms with Crippen molar-refractivity contribution in [3.63, 3.8) is 0 Å². The summed E-state index contributed by atoms with van der Waals surface area (Å²) in [5.74, 6) is 0. The summed E-state index contributed by atoms with van der Waals surface area (Å²) < 4.78 is 1.48. The Kier molecular flexibility index (Phi) is 3.86. The lowest BCUT2D eigenvalue weighted by Gasteiger charge is -2.08. The molecule has 1 N–H and O–H groups in total. The molecule has 0 aliphatic rings. The Hall–Kier alpha value is -4.02. The number of H-pyrrole nitrogens is 1. The topological polar surface area (TPSA) is 91.5 Å². The number of hydrogen-bond donors (Lipinski definition) is 1. The molecule has 29 heavy (non-hydrogen) atoms. The van der Waals surface area contributed by atoms with Crippen molar-refractivity contribution < 1.29 is 0 Å². The maximum absolute atomic E-state index is 13.2. The summed E-state index contributed by atoms with van der Waals surface area (Å²) in [7, 11) is 0. The highest BCUT2D eigenvalue weighted by Crippen LogP contribution is 2.29. The van der Waals surface area contributed by atoms with Gasteiger partial charge in [-0.05, 0) is 17.5 Å². The number of nitrogens with one attached hydrogen (secondary N) is 1. The molecule has 0 amide bonds. The summed E-state index contributed by atoms with van der Waals surface area (Å²) in [5, 5.41) is 11.6. The van der Waals surface area contributed by atoms with Crippen molar-refractivity contribution in [2.24, 2.45) is 0 Å². The number of rotatable bonds is 2. The lowest BCUT2D eigenvalue weighted by Crippen LogP contribution is -2.33. The van der Waals surface area contributed by atoms with E-state index in [1.54, 1.807) is 30.3 Å². The first kappa shape index (κ1) is 17.1. The van der Waals surface area contributed by atoms with Crippen molar-refractivity contribution in [1.29, 1.82) is 5.26 Å². The van der Waals surface area contributed by atoms with Crippen molar-refractivity contribution in [3.05, 3.63) is 93.1 Å². The van der Waals surface area contributed by atoms with Gasteiger partial charge in [-0.25, -0.2) is 14.3 Å². The van der Waals surface area contributed by atoms with Gasteiger partial charge in [0, 0.05) is 10.9 Å². The van der Waals surface area contributed by atoms with Gasteiger partial charge in [0.25, 0.3) is 5.56 Å². The van der Waals surface area contributed by atoms with Crippen molar-refractivity contribution in [3.8, 4) is 22.3 Å². The second-order valence-corrected chi connectivity index (χ2v) is 7.42. The number of thiazole rings is 1. The average molecular weight is 396 g/mol. The molecule has 0 fully saturated rings. The monoisotopic (exact) mass is 396 g/mol. The number of hydrogen-bond acceptors (Lipinski definition) is 5. The van der Waals surface area contributed by atoms with Gasteiger partial charge in [0.05, 0.1) is 17.3 Å². The second-order valence-electron chi connectivity index (χ2n) is 6.42. The molecule has 0 unspecified atom stereocenters. The number of nitriles is 1. The fraction of sp³-hybridized carbons (Fsp3) is 0. The highest BCUT2D eigenvalue weighted by atomic mass is 32.1. The SMILES string of the molecule is N#Cc1ccccc1-c1nc2[nH]c(=O)n(-c3cccc4ccccc34)c(=O)c2s1. The number of aromatic amines is 1. The van der Waals surface area contributed by atoms with E-state index in [0.717, 1.165) is 26.7 Å². The molecule has 0 radical (unpaired) electrons. The molecule has 0 spiro atoms. The Bertz CT molecular complexity index is 1560. The van der Waals surface area contributed by atoms with Gasteiger partial charge in [-0.1, -0.05) is 54.6 Å². The second kappa shape index (κ2) is 6.55. The quantitative estimate of drug-likeness (QED) is 0.491. The summed E-state index contributed by atoms with van der Waals surface area (Å²) in [6.45, 7) is 0.